The Morgan fingerprint density at radius 1 is 1.14 bits per heavy atom. The van der Waals surface area contributed by atoms with Crippen LogP contribution in [0.4, 0.5) is 13.2 Å². The van der Waals surface area contributed by atoms with Crippen LogP contribution in [-0.2, 0) is 6.18 Å². The first-order valence-electron chi connectivity index (χ1n) is 10.9. The van der Waals surface area contributed by atoms with Crippen molar-refractivity contribution in [3.05, 3.63) is 86.6 Å². The van der Waals surface area contributed by atoms with Crippen molar-refractivity contribution in [1.29, 1.82) is 5.26 Å². The predicted octanol–water partition coefficient (Wildman–Crippen LogP) is 6.03. The zero-order valence-corrected chi connectivity index (χ0v) is 20.9. The Morgan fingerprint density at radius 2 is 1.92 bits per heavy atom. The minimum atomic E-state index is -4.57. The number of nitrogens with zero attached hydrogens (tertiary/aromatic N) is 4. The highest BCUT2D eigenvalue weighted by Crippen LogP contribution is 2.37. The van der Waals surface area contributed by atoms with Crippen molar-refractivity contribution in [2.24, 2.45) is 5.10 Å². The lowest BCUT2D eigenvalue weighted by Crippen LogP contribution is -2.20. The van der Waals surface area contributed by atoms with Gasteiger partial charge in [0.05, 0.1) is 33.8 Å². The fourth-order valence-corrected chi connectivity index (χ4v) is 4.12. The van der Waals surface area contributed by atoms with E-state index in [0.29, 0.717) is 33.7 Å². The Balaban J connectivity index is 1.87. The van der Waals surface area contributed by atoms with Crippen molar-refractivity contribution < 1.29 is 22.6 Å². The molecular weight excluding hydrogens is 553 g/mol. The first kappa shape index (κ1) is 25.9. The van der Waals surface area contributed by atoms with E-state index < -0.39 is 17.3 Å². The lowest BCUT2D eigenvalue weighted by molar-refractivity contribution is -0.137. The fraction of sp³-hybridized carbons (Fsp3) is 0.154. The van der Waals surface area contributed by atoms with Crippen LogP contribution in [0.3, 0.4) is 0 Å². The van der Waals surface area contributed by atoms with Gasteiger partial charge in [0.15, 0.2) is 23.9 Å². The fourth-order valence-electron chi connectivity index (χ4n) is 3.55. The topological polar surface area (TPSA) is 89.5 Å². The molecule has 188 valence electrons. The number of rotatable bonds is 7. The summed E-state index contributed by atoms with van der Waals surface area (Å²) >= 11 is 3.39. The molecule has 0 aliphatic rings. The number of aromatic nitrogens is 2. The van der Waals surface area contributed by atoms with Gasteiger partial charge in [-0.2, -0.15) is 28.2 Å². The van der Waals surface area contributed by atoms with E-state index in [4.69, 9.17) is 14.7 Å². The maximum Gasteiger partial charge on any atom is 0.416 e. The Kier molecular flexibility index (Phi) is 7.59. The third-order valence-corrected chi connectivity index (χ3v) is 5.73. The number of halogens is 4. The lowest BCUT2D eigenvalue weighted by atomic mass is 10.1. The highest BCUT2D eigenvalue weighted by atomic mass is 79.9. The standard InChI is InChI=1S/C26H18BrF3N4O3/c1-2-36-22-13-16(12-20(27)23(22)37-11-10-31)15-32-34-24(17-6-5-7-18(14-17)26(28,29)30)33-21-9-4-3-8-19(21)25(34)35/h3-9,12-15H,2,11H2,1H3. The summed E-state index contributed by atoms with van der Waals surface area (Å²) in [5.41, 5.74) is -0.527. The molecule has 4 aromatic rings. The highest BCUT2D eigenvalue weighted by Gasteiger charge is 2.31. The van der Waals surface area contributed by atoms with Crippen molar-refractivity contribution in [1.82, 2.24) is 9.66 Å². The van der Waals surface area contributed by atoms with E-state index in [0.717, 1.165) is 16.8 Å². The molecule has 0 fully saturated rings. The van der Waals surface area contributed by atoms with Crippen LogP contribution in [0.15, 0.2) is 75.0 Å². The summed E-state index contributed by atoms with van der Waals surface area (Å²) in [4.78, 5) is 17.8. The minimum Gasteiger partial charge on any atom is -0.490 e. The molecule has 0 atom stereocenters. The molecule has 4 rings (SSSR count). The molecule has 3 aromatic carbocycles. The summed E-state index contributed by atoms with van der Waals surface area (Å²) in [5.74, 6) is 0.620. The lowest BCUT2D eigenvalue weighted by Gasteiger charge is -2.13. The van der Waals surface area contributed by atoms with Crippen LogP contribution in [0.1, 0.15) is 18.1 Å². The van der Waals surface area contributed by atoms with Gasteiger partial charge in [0.2, 0.25) is 0 Å². The molecule has 0 amide bonds. The maximum absolute atomic E-state index is 13.4. The monoisotopic (exact) mass is 570 g/mol. The second-order valence-electron chi connectivity index (χ2n) is 7.60. The maximum atomic E-state index is 13.4. The van der Waals surface area contributed by atoms with Gasteiger partial charge in [0, 0.05) is 5.56 Å². The Morgan fingerprint density at radius 3 is 2.65 bits per heavy atom. The average Bonchev–Trinajstić information content (AvgIpc) is 2.87. The normalized spacial score (nSPS) is 11.6. The largest absolute Gasteiger partial charge is 0.490 e. The van der Waals surface area contributed by atoms with Crippen molar-refractivity contribution in [2.45, 2.75) is 13.1 Å². The van der Waals surface area contributed by atoms with Gasteiger partial charge in [-0.1, -0.05) is 24.3 Å². The van der Waals surface area contributed by atoms with Gasteiger partial charge in [0.1, 0.15) is 6.07 Å². The molecule has 1 aromatic heterocycles. The molecule has 0 saturated heterocycles. The molecule has 11 heteroatoms. The molecule has 0 N–H and O–H groups in total. The molecule has 0 aliphatic carbocycles. The van der Waals surface area contributed by atoms with Gasteiger partial charge < -0.3 is 9.47 Å². The van der Waals surface area contributed by atoms with E-state index in [-0.39, 0.29) is 23.4 Å². The smallest absolute Gasteiger partial charge is 0.416 e. The van der Waals surface area contributed by atoms with Crippen LogP contribution in [-0.4, -0.2) is 29.1 Å². The van der Waals surface area contributed by atoms with E-state index in [1.807, 2.05) is 6.07 Å². The minimum absolute atomic E-state index is 0.0517. The van der Waals surface area contributed by atoms with Crippen LogP contribution in [0.5, 0.6) is 11.5 Å². The van der Waals surface area contributed by atoms with E-state index in [1.54, 1.807) is 43.3 Å². The Bertz CT molecular complexity index is 1590. The molecule has 1 heterocycles. The van der Waals surface area contributed by atoms with Gasteiger partial charge in [-0.25, -0.2) is 4.98 Å². The number of hydrogen-bond acceptors (Lipinski definition) is 6. The van der Waals surface area contributed by atoms with Crippen LogP contribution in [0.2, 0.25) is 0 Å². The van der Waals surface area contributed by atoms with E-state index >= 15 is 0 Å². The van der Waals surface area contributed by atoms with Crippen LogP contribution >= 0.6 is 15.9 Å². The molecule has 0 aliphatic heterocycles. The van der Waals surface area contributed by atoms with Crippen LogP contribution < -0.4 is 15.0 Å². The number of hydrogen-bond donors (Lipinski definition) is 0. The van der Waals surface area contributed by atoms with Crippen LogP contribution in [0.25, 0.3) is 22.3 Å². The van der Waals surface area contributed by atoms with Gasteiger partial charge in [-0.3, -0.25) is 4.79 Å². The van der Waals surface area contributed by atoms with Gasteiger partial charge in [0.25, 0.3) is 5.56 Å². The number of fused-ring (bicyclic) bond motifs is 1. The quantitative estimate of drug-likeness (QED) is 0.253. The number of alkyl halides is 3. The number of benzene rings is 3. The molecule has 7 nitrogen and oxygen atoms in total. The molecule has 0 saturated carbocycles. The summed E-state index contributed by atoms with van der Waals surface area (Å²) in [6, 6.07) is 16.2. The zero-order chi connectivity index (χ0) is 26.6. The van der Waals surface area contributed by atoms with Crippen molar-refractivity contribution >= 4 is 33.0 Å². The van der Waals surface area contributed by atoms with Gasteiger partial charge in [-0.15, -0.1) is 0 Å². The highest BCUT2D eigenvalue weighted by molar-refractivity contribution is 9.10. The molecule has 0 unspecified atom stereocenters. The SMILES string of the molecule is CCOc1cc(C=Nn2c(-c3cccc(C(F)(F)F)c3)nc3ccccc3c2=O)cc(Br)c1OCC#N. The number of para-hydroxylation sites is 1. The summed E-state index contributed by atoms with van der Waals surface area (Å²) in [5, 5.41) is 13.4. The molecular formula is C26H18BrF3N4O3. The third-order valence-electron chi connectivity index (χ3n) is 5.14. The zero-order valence-electron chi connectivity index (χ0n) is 19.3. The van der Waals surface area contributed by atoms with Gasteiger partial charge >= 0.3 is 6.18 Å². The number of nitriles is 1. The molecule has 0 radical (unpaired) electrons. The van der Waals surface area contributed by atoms with Crippen molar-refractivity contribution in [3.63, 3.8) is 0 Å². The first-order chi connectivity index (χ1) is 17.7. The predicted molar refractivity (Wildman–Crippen MR) is 136 cm³/mol. The van der Waals surface area contributed by atoms with Crippen molar-refractivity contribution in [3.8, 4) is 29.0 Å². The van der Waals surface area contributed by atoms with Gasteiger partial charge in [-0.05, 0) is 64.8 Å². The van der Waals surface area contributed by atoms with E-state index in [9.17, 15) is 18.0 Å². The Labute approximate surface area is 217 Å². The first-order valence-corrected chi connectivity index (χ1v) is 11.7. The second kappa shape index (κ2) is 10.8. The van der Waals surface area contributed by atoms with Crippen molar-refractivity contribution in [2.75, 3.05) is 13.2 Å². The molecule has 0 bridgehead atoms. The number of ether oxygens (including phenoxy) is 2. The van der Waals surface area contributed by atoms with E-state index in [2.05, 4.69) is 26.0 Å². The summed E-state index contributed by atoms with van der Waals surface area (Å²) in [6.45, 7) is 1.92. The summed E-state index contributed by atoms with van der Waals surface area (Å²) < 4.78 is 52.6. The molecule has 0 spiro atoms. The van der Waals surface area contributed by atoms with Crippen LogP contribution in [0, 0.1) is 11.3 Å². The molecule has 37 heavy (non-hydrogen) atoms. The summed E-state index contributed by atoms with van der Waals surface area (Å²) in [7, 11) is 0. The second-order valence-corrected chi connectivity index (χ2v) is 8.46. The summed E-state index contributed by atoms with van der Waals surface area (Å²) in [6.07, 6.45) is -3.21. The Hall–Kier alpha value is -4.17. The average molecular weight is 571 g/mol. The van der Waals surface area contributed by atoms with E-state index in [1.165, 1.54) is 18.3 Å². The third kappa shape index (κ3) is 5.65.